The fourth-order valence-electron chi connectivity index (χ4n) is 4.49. The van der Waals surface area contributed by atoms with E-state index >= 15 is 0 Å². The highest BCUT2D eigenvalue weighted by molar-refractivity contribution is 6.00. The fourth-order valence-corrected chi connectivity index (χ4v) is 4.49. The molecule has 3 N–H and O–H groups in total. The number of nitrogens with one attached hydrogen (secondary N) is 2. The van der Waals surface area contributed by atoms with Gasteiger partial charge in [0.15, 0.2) is 0 Å². The number of alkyl halides is 3. The SMILES string of the molecule is CC(C)C[C@@H](C(=O)N[C@H](C#N)C[C@@H]1CCN[C@H]1O)N1CCc2ccc(C(F)(F)F)cc2C1=O. The third kappa shape index (κ3) is 5.84. The third-order valence-electron chi connectivity index (χ3n) is 6.25. The van der Waals surface area contributed by atoms with Crippen LogP contribution >= 0.6 is 0 Å². The lowest BCUT2D eigenvalue weighted by molar-refractivity contribution is -0.137. The van der Waals surface area contributed by atoms with Gasteiger partial charge in [0.1, 0.15) is 18.3 Å². The molecule has 10 heteroatoms. The number of rotatable bonds is 7. The fraction of sp³-hybridized carbons (Fsp3) is 0.609. The monoisotopic (exact) mass is 466 g/mol. The Hall–Kier alpha value is -2.64. The quantitative estimate of drug-likeness (QED) is 0.573. The van der Waals surface area contributed by atoms with E-state index in [9.17, 15) is 33.1 Å². The summed E-state index contributed by atoms with van der Waals surface area (Å²) in [6, 6.07) is 3.41. The number of hydrogen-bond acceptors (Lipinski definition) is 5. The van der Waals surface area contributed by atoms with Crippen molar-refractivity contribution in [1.29, 1.82) is 5.26 Å². The largest absolute Gasteiger partial charge is 0.416 e. The van der Waals surface area contributed by atoms with Crippen LogP contribution in [-0.4, -0.2) is 53.2 Å². The average Bonchev–Trinajstić information content (AvgIpc) is 3.15. The summed E-state index contributed by atoms with van der Waals surface area (Å²) in [6.45, 7) is 4.58. The molecule has 0 saturated carbocycles. The third-order valence-corrected chi connectivity index (χ3v) is 6.25. The second-order valence-electron chi connectivity index (χ2n) is 9.14. The van der Waals surface area contributed by atoms with Crippen molar-refractivity contribution in [2.75, 3.05) is 13.1 Å². The van der Waals surface area contributed by atoms with Crippen molar-refractivity contribution in [2.24, 2.45) is 11.8 Å². The van der Waals surface area contributed by atoms with E-state index in [-0.39, 0.29) is 30.4 Å². The maximum Gasteiger partial charge on any atom is 0.416 e. The van der Waals surface area contributed by atoms with Gasteiger partial charge in [-0.05, 0) is 55.8 Å². The van der Waals surface area contributed by atoms with Crippen LogP contribution < -0.4 is 10.6 Å². The number of nitrogens with zero attached hydrogens (tertiary/aromatic N) is 2. The first-order chi connectivity index (χ1) is 15.5. The first-order valence-corrected chi connectivity index (χ1v) is 11.1. The van der Waals surface area contributed by atoms with Crippen LogP contribution in [0.15, 0.2) is 18.2 Å². The minimum Gasteiger partial charge on any atom is -0.378 e. The second kappa shape index (κ2) is 10.1. The number of aliphatic hydroxyl groups excluding tert-OH is 1. The Morgan fingerprint density at radius 3 is 2.70 bits per heavy atom. The first-order valence-electron chi connectivity index (χ1n) is 11.1. The van der Waals surface area contributed by atoms with Crippen LogP contribution in [0.5, 0.6) is 0 Å². The summed E-state index contributed by atoms with van der Waals surface area (Å²) in [5.74, 6) is -1.29. The van der Waals surface area contributed by atoms with Gasteiger partial charge in [0.05, 0.1) is 11.6 Å². The topological polar surface area (TPSA) is 105 Å². The zero-order chi connectivity index (χ0) is 24.3. The lowest BCUT2D eigenvalue weighted by atomic mass is 9.92. The predicted octanol–water partition coefficient (Wildman–Crippen LogP) is 2.44. The molecular formula is C23H29F3N4O3. The van der Waals surface area contributed by atoms with Gasteiger partial charge in [-0.15, -0.1) is 0 Å². The molecule has 0 radical (unpaired) electrons. The number of halogens is 3. The smallest absolute Gasteiger partial charge is 0.378 e. The van der Waals surface area contributed by atoms with Gasteiger partial charge in [0.25, 0.3) is 5.91 Å². The molecule has 7 nitrogen and oxygen atoms in total. The summed E-state index contributed by atoms with van der Waals surface area (Å²) in [5, 5.41) is 25.0. The summed E-state index contributed by atoms with van der Waals surface area (Å²) in [5.41, 5.74) is -0.435. The number of nitriles is 1. The maximum absolute atomic E-state index is 13.2. The van der Waals surface area contributed by atoms with Crippen LogP contribution in [-0.2, 0) is 17.4 Å². The Balaban J connectivity index is 1.80. The molecule has 2 heterocycles. The second-order valence-corrected chi connectivity index (χ2v) is 9.14. The highest BCUT2D eigenvalue weighted by Crippen LogP contribution is 2.33. The van der Waals surface area contributed by atoms with E-state index in [4.69, 9.17) is 0 Å². The number of carbonyl (C=O) groups excluding carboxylic acids is 2. The molecule has 180 valence electrons. The van der Waals surface area contributed by atoms with Gasteiger partial charge in [-0.1, -0.05) is 19.9 Å². The molecule has 1 fully saturated rings. The van der Waals surface area contributed by atoms with Crippen molar-refractivity contribution >= 4 is 11.8 Å². The van der Waals surface area contributed by atoms with E-state index in [1.807, 2.05) is 19.9 Å². The number of benzene rings is 1. The lowest BCUT2D eigenvalue weighted by Crippen LogP contribution is -2.54. The minimum atomic E-state index is -4.58. The standard InChI is InChI=1S/C23H29F3N4O3/c1-13(2)9-19(21(32)29-17(12-27)10-15-5-7-28-20(15)31)30-8-6-14-3-4-16(23(24,25)26)11-18(14)22(30)33/h3-4,11,13,15,17,19-20,28,31H,5-10H2,1-2H3,(H,29,32)/t15-,17-,19-,20-/m0/s1. The van der Waals surface area contributed by atoms with Gasteiger partial charge in [-0.3, -0.25) is 14.9 Å². The Labute approximate surface area is 190 Å². The number of fused-ring (bicyclic) bond motifs is 1. The van der Waals surface area contributed by atoms with E-state index in [1.165, 1.54) is 11.0 Å². The molecule has 0 unspecified atom stereocenters. The molecule has 1 aromatic carbocycles. The van der Waals surface area contributed by atoms with Crippen molar-refractivity contribution in [1.82, 2.24) is 15.5 Å². The van der Waals surface area contributed by atoms with Crippen LogP contribution in [0, 0.1) is 23.2 Å². The summed E-state index contributed by atoms with van der Waals surface area (Å²) in [7, 11) is 0. The first kappa shape index (κ1) is 25.0. The zero-order valence-electron chi connectivity index (χ0n) is 18.7. The molecule has 2 amide bonds. The molecule has 2 aliphatic heterocycles. The molecule has 0 bridgehead atoms. The summed E-state index contributed by atoms with van der Waals surface area (Å²) < 4.78 is 39.5. The number of amides is 2. The Morgan fingerprint density at radius 2 is 2.12 bits per heavy atom. The molecule has 2 aliphatic rings. The molecule has 1 aromatic rings. The minimum absolute atomic E-state index is 0.0258. The van der Waals surface area contributed by atoms with E-state index in [0.29, 0.717) is 31.4 Å². The van der Waals surface area contributed by atoms with E-state index in [2.05, 4.69) is 10.6 Å². The summed E-state index contributed by atoms with van der Waals surface area (Å²) in [6.07, 6.45) is -3.75. The highest BCUT2D eigenvalue weighted by Gasteiger charge is 2.38. The molecule has 0 aliphatic carbocycles. The van der Waals surface area contributed by atoms with Crippen molar-refractivity contribution in [3.8, 4) is 6.07 Å². The van der Waals surface area contributed by atoms with Gasteiger partial charge >= 0.3 is 6.18 Å². The van der Waals surface area contributed by atoms with Gasteiger partial charge in [0, 0.05) is 18.0 Å². The zero-order valence-corrected chi connectivity index (χ0v) is 18.7. The van der Waals surface area contributed by atoms with Gasteiger partial charge in [-0.25, -0.2) is 0 Å². The molecule has 0 aromatic heterocycles. The van der Waals surface area contributed by atoms with E-state index < -0.39 is 41.9 Å². The van der Waals surface area contributed by atoms with Gasteiger partial charge in [-0.2, -0.15) is 18.4 Å². The number of hydrogen-bond donors (Lipinski definition) is 3. The Morgan fingerprint density at radius 1 is 1.39 bits per heavy atom. The summed E-state index contributed by atoms with van der Waals surface area (Å²) >= 11 is 0. The van der Waals surface area contributed by atoms with Crippen molar-refractivity contribution in [3.63, 3.8) is 0 Å². The van der Waals surface area contributed by atoms with E-state index in [0.717, 1.165) is 12.1 Å². The van der Waals surface area contributed by atoms with Crippen LogP contribution in [0.3, 0.4) is 0 Å². The average molecular weight is 467 g/mol. The van der Waals surface area contributed by atoms with Crippen molar-refractivity contribution in [2.45, 2.75) is 64.0 Å². The normalized spacial score (nSPS) is 22.6. The van der Waals surface area contributed by atoms with Crippen LogP contribution in [0.2, 0.25) is 0 Å². The molecular weight excluding hydrogens is 437 g/mol. The number of carbonyl (C=O) groups is 2. The highest BCUT2D eigenvalue weighted by atomic mass is 19.4. The number of aliphatic hydroxyl groups is 1. The summed E-state index contributed by atoms with van der Waals surface area (Å²) in [4.78, 5) is 27.7. The predicted molar refractivity (Wildman–Crippen MR) is 114 cm³/mol. The van der Waals surface area contributed by atoms with Crippen LogP contribution in [0.4, 0.5) is 13.2 Å². The van der Waals surface area contributed by atoms with Gasteiger partial charge in [0.2, 0.25) is 5.91 Å². The molecule has 1 saturated heterocycles. The molecule has 0 spiro atoms. The molecule has 3 rings (SSSR count). The Kier molecular flexibility index (Phi) is 7.65. The Bertz CT molecular complexity index is 929. The molecule has 4 atom stereocenters. The van der Waals surface area contributed by atoms with E-state index in [1.54, 1.807) is 0 Å². The molecule has 33 heavy (non-hydrogen) atoms. The van der Waals surface area contributed by atoms with Crippen LogP contribution in [0.25, 0.3) is 0 Å². The lowest BCUT2D eigenvalue weighted by Gasteiger charge is -2.36. The maximum atomic E-state index is 13.2. The van der Waals surface area contributed by atoms with Crippen molar-refractivity contribution in [3.05, 3.63) is 34.9 Å². The van der Waals surface area contributed by atoms with Gasteiger partial charge < -0.3 is 15.3 Å². The van der Waals surface area contributed by atoms with Crippen LogP contribution in [0.1, 0.15) is 54.6 Å². The van der Waals surface area contributed by atoms with Crippen molar-refractivity contribution < 1.29 is 27.9 Å².